The highest BCUT2D eigenvalue weighted by Gasteiger charge is 2.39. The van der Waals surface area contributed by atoms with Crippen LogP contribution in [0.1, 0.15) is 13.3 Å². The Morgan fingerprint density at radius 2 is 2.00 bits per heavy atom. The fraction of sp³-hybridized carbons (Fsp3) is 0.556. The van der Waals surface area contributed by atoms with Crippen molar-refractivity contribution in [3.8, 4) is 0 Å². The first-order chi connectivity index (χ1) is 7.22. The van der Waals surface area contributed by atoms with Crippen molar-refractivity contribution >= 4 is 21.7 Å². The minimum atomic E-state index is -3.09. The Balaban J connectivity index is 2.62. The van der Waals surface area contributed by atoms with E-state index in [2.05, 4.69) is 5.32 Å². The van der Waals surface area contributed by atoms with Gasteiger partial charge in [-0.15, -0.1) is 0 Å². The van der Waals surface area contributed by atoms with Gasteiger partial charge in [0.15, 0.2) is 9.84 Å². The molecule has 1 heterocycles. The van der Waals surface area contributed by atoms with E-state index >= 15 is 0 Å². The first-order valence-electron chi connectivity index (χ1n) is 4.66. The number of carbonyl (C=O) groups excluding carboxylic acids is 1. The van der Waals surface area contributed by atoms with Crippen LogP contribution in [0.4, 0.5) is 0 Å². The molecule has 1 amide bonds. The largest absolute Gasteiger partial charge is 0.478 e. The van der Waals surface area contributed by atoms with Crippen LogP contribution < -0.4 is 5.32 Å². The van der Waals surface area contributed by atoms with E-state index in [1.165, 1.54) is 0 Å². The number of nitrogens with one attached hydrogen (secondary N) is 1. The zero-order valence-electron chi connectivity index (χ0n) is 8.76. The van der Waals surface area contributed by atoms with Crippen LogP contribution in [0, 0.1) is 0 Å². The maximum Gasteiger partial charge on any atom is 0.328 e. The van der Waals surface area contributed by atoms with Gasteiger partial charge < -0.3 is 10.4 Å². The average molecular weight is 247 g/mol. The van der Waals surface area contributed by atoms with Gasteiger partial charge in [0.2, 0.25) is 5.91 Å². The Labute approximate surface area is 93.3 Å². The van der Waals surface area contributed by atoms with Crippen LogP contribution in [-0.4, -0.2) is 42.4 Å². The van der Waals surface area contributed by atoms with E-state index in [-0.39, 0.29) is 11.5 Å². The highest BCUT2D eigenvalue weighted by molar-refractivity contribution is 7.91. The van der Waals surface area contributed by atoms with Crippen LogP contribution in [0.3, 0.4) is 0 Å². The van der Waals surface area contributed by atoms with Crippen LogP contribution in [0.25, 0.3) is 0 Å². The topological polar surface area (TPSA) is 101 Å². The number of amides is 1. The van der Waals surface area contributed by atoms with Crippen molar-refractivity contribution in [2.45, 2.75) is 18.9 Å². The Kier molecular flexibility index (Phi) is 3.37. The zero-order chi connectivity index (χ0) is 12.4. The normalized spacial score (nSPS) is 28.1. The molecule has 1 unspecified atom stereocenters. The smallest absolute Gasteiger partial charge is 0.328 e. The van der Waals surface area contributed by atoms with Crippen molar-refractivity contribution in [3.05, 3.63) is 12.2 Å². The summed E-state index contributed by atoms with van der Waals surface area (Å²) in [5.74, 6) is -1.87. The molecule has 1 saturated heterocycles. The minimum Gasteiger partial charge on any atom is -0.478 e. The van der Waals surface area contributed by atoms with Gasteiger partial charge in [0.1, 0.15) is 0 Å². The van der Waals surface area contributed by atoms with E-state index in [0.717, 1.165) is 6.08 Å². The zero-order valence-corrected chi connectivity index (χ0v) is 9.58. The third-order valence-electron chi connectivity index (χ3n) is 2.31. The van der Waals surface area contributed by atoms with E-state index in [1.807, 2.05) is 0 Å². The fourth-order valence-corrected chi connectivity index (χ4v) is 3.69. The Morgan fingerprint density at radius 1 is 1.38 bits per heavy atom. The van der Waals surface area contributed by atoms with Crippen LogP contribution in [0.5, 0.6) is 0 Å². The molecule has 1 rings (SSSR count). The summed E-state index contributed by atoms with van der Waals surface area (Å²) in [6.45, 7) is 1.63. The fourth-order valence-electron chi connectivity index (χ4n) is 1.60. The van der Waals surface area contributed by atoms with Gasteiger partial charge in [0, 0.05) is 12.2 Å². The van der Waals surface area contributed by atoms with E-state index in [4.69, 9.17) is 5.11 Å². The first kappa shape index (κ1) is 12.7. The van der Waals surface area contributed by atoms with Crippen molar-refractivity contribution in [2.75, 3.05) is 11.5 Å². The van der Waals surface area contributed by atoms with E-state index in [1.54, 1.807) is 6.92 Å². The summed E-state index contributed by atoms with van der Waals surface area (Å²) in [5.41, 5.74) is -0.793. The molecular formula is C9H13NO5S. The molecule has 0 radical (unpaired) electrons. The van der Waals surface area contributed by atoms with E-state index < -0.39 is 27.3 Å². The second kappa shape index (κ2) is 4.25. The van der Waals surface area contributed by atoms with Crippen LogP contribution in [0.2, 0.25) is 0 Å². The lowest BCUT2D eigenvalue weighted by Gasteiger charge is -2.22. The van der Waals surface area contributed by atoms with Crippen LogP contribution in [-0.2, 0) is 19.4 Å². The molecule has 7 heteroatoms. The molecule has 1 aliphatic rings. The SMILES string of the molecule is CC1(NC(=O)/C=C/C(=O)O)CCS(=O)(=O)C1. The lowest BCUT2D eigenvalue weighted by atomic mass is 10.0. The standard InChI is InChI=1S/C9H13NO5S/c1-9(4-5-16(14,15)6-9)10-7(11)2-3-8(12)13/h2-3H,4-6H2,1H3,(H,10,11)(H,12,13)/b3-2+. The third-order valence-corrected chi connectivity index (χ3v) is 4.21. The second-order valence-electron chi connectivity index (χ2n) is 4.06. The number of aliphatic carboxylic acids is 1. The van der Waals surface area contributed by atoms with Gasteiger partial charge in [-0.3, -0.25) is 4.79 Å². The molecule has 1 fully saturated rings. The number of sulfone groups is 1. The number of hydrogen-bond acceptors (Lipinski definition) is 4. The average Bonchev–Trinajstić information content (AvgIpc) is 2.37. The van der Waals surface area contributed by atoms with Gasteiger partial charge in [-0.2, -0.15) is 0 Å². The maximum atomic E-state index is 11.3. The van der Waals surface area contributed by atoms with Crippen LogP contribution in [0.15, 0.2) is 12.2 Å². The minimum absolute atomic E-state index is 0.0480. The van der Waals surface area contributed by atoms with Crippen molar-refractivity contribution < 1.29 is 23.1 Å². The summed E-state index contributed by atoms with van der Waals surface area (Å²) in [7, 11) is -3.09. The number of hydrogen-bond donors (Lipinski definition) is 2. The molecule has 6 nitrogen and oxygen atoms in total. The van der Waals surface area contributed by atoms with Crippen molar-refractivity contribution in [1.82, 2.24) is 5.32 Å². The predicted octanol–water partition coefficient (Wildman–Crippen LogP) is -0.679. The molecule has 0 spiro atoms. The number of carboxylic acids is 1. The molecular weight excluding hydrogens is 234 g/mol. The Morgan fingerprint density at radius 3 is 2.44 bits per heavy atom. The van der Waals surface area contributed by atoms with Gasteiger partial charge in [-0.25, -0.2) is 13.2 Å². The molecule has 2 N–H and O–H groups in total. The van der Waals surface area contributed by atoms with Gasteiger partial charge in [-0.05, 0) is 13.3 Å². The monoisotopic (exact) mass is 247 g/mol. The summed E-state index contributed by atoms with van der Waals surface area (Å²) in [4.78, 5) is 21.4. The maximum absolute atomic E-state index is 11.3. The molecule has 0 aromatic rings. The van der Waals surface area contributed by atoms with Gasteiger partial charge in [0.25, 0.3) is 0 Å². The van der Waals surface area contributed by atoms with Gasteiger partial charge >= 0.3 is 5.97 Å². The molecule has 16 heavy (non-hydrogen) atoms. The van der Waals surface area contributed by atoms with Crippen molar-refractivity contribution in [3.63, 3.8) is 0 Å². The molecule has 1 aliphatic heterocycles. The molecule has 90 valence electrons. The molecule has 0 aliphatic carbocycles. The van der Waals surface area contributed by atoms with Crippen molar-refractivity contribution in [2.24, 2.45) is 0 Å². The molecule has 0 aromatic carbocycles. The predicted molar refractivity (Wildman–Crippen MR) is 56.6 cm³/mol. The Hall–Kier alpha value is -1.37. The third kappa shape index (κ3) is 3.65. The van der Waals surface area contributed by atoms with Gasteiger partial charge in [0.05, 0.1) is 17.0 Å². The molecule has 1 atom stereocenters. The highest BCUT2D eigenvalue weighted by atomic mass is 32.2. The summed E-state index contributed by atoms with van der Waals surface area (Å²) in [5, 5.41) is 10.8. The quantitative estimate of drug-likeness (QED) is 0.643. The van der Waals surface area contributed by atoms with E-state index in [9.17, 15) is 18.0 Å². The lowest BCUT2D eigenvalue weighted by molar-refractivity contribution is -0.131. The number of carbonyl (C=O) groups is 2. The van der Waals surface area contributed by atoms with E-state index in [0.29, 0.717) is 12.5 Å². The van der Waals surface area contributed by atoms with Crippen molar-refractivity contribution in [1.29, 1.82) is 0 Å². The summed E-state index contributed by atoms with van der Waals surface area (Å²) in [6, 6.07) is 0. The lowest BCUT2D eigenvalue weighted by Crippen LogP contribution is -2.46. The summed E-state index contributed by atoms with van der Waals surface area (Å²) in [6.07, 6.45) is 1.93. The first-order valence-corrected chi connectivity index (χ1v) is 6.48. The molecule has 0 aromatic heterocycles. The second-order valence-corrected chi connectivity index (χ2v) is 6.25. The van der Waals surface area contributed by atoms with Crippen LogP contribution >= 0.6 is 0 Å². The summed E-state index contributed by atoms with van der Waals surface area (Å²) >= 11 is 0. The Bertz CT molecular complexity index is 439. The molecule has 0 saturated carbocycles. The van der Waals surface area contributed by atoms with Gasteiger partial charge in [-0.1, -0.05) is 0 Å². The number of carboxylic acid groups (broad SMARTS) is 1. The summed E-state index contributed by atoms with van der Waals surface area (Å²) < 4.78 is 22.5. The highest BCUT2D eigenvalue weighted by Crippen LogP contribution is 2.22. The number of rotatable bonds is 3. The molecule has 0 bridgehead atoms.